The number of aryl methyl sites for hydroxylation is 1. The third-order valence-corrected chi connectivity index (χ3v) is 1.86. The number of aromatic amines is 1. The van der Waals surface area contributed by atoms with Gasteiger partial charge >= 0.3 is 5.69 Å². The molecular formula is C10H10N4O. The van der Waals surface area contributed by atoms with Crippen LogP contribution in [0.25, 0.3) is 0 Å². The molecule has 0 atom stereocenters. The Morgan fingerprint density at radius 2 is 2.27 bits per heavy atom. The Balaban J connectivity index is 2.26. The molecule has 2 aromatic rings. The summed E-state index contributed by atoms with van der Waals surface area (Å²) in [6.45, 7) is 1.99. The molecule has 2 N–H and O–H groups in total. The molecule has 5 heteroatoms. The first-order valence-corrected chi connectivity index (χ1v) is 4.49. The molecule has 0 aliphatic rings. The van der Waals surface area contributed by atoms with Crippen LogP contribution in [0.2, 0.25) is 0 Å². The highest BCUT2D eigenvalue weighted by atomic mass is 16.1. The second kappa shape index (κ2) is 3.91. The highest BCUT2D eigenvalue weighted by Crippen LogP contribution is 2.13. The Morgan fingerprint density at radius 3 is 3.00 bits per heavy atom. The van der Waals surface area contributed by atoms with E-state index in [-0.39, 0.29) is 0 Å². The molecule has 0 bridgehead atoms. The van der Waals surface area contributed by atoms with Crippen molar-refractivity contribution in [2.45, 2.75) is 6.92 Å². The minimum Gasteiger partial charge on any atom is -0.339 e. The van der Waals surface area contributed by atoms with Crippen LogP contribution >= 0.6 is 0 Å². The molecule has 2 rings (SSSR count). The van der Waals surface area contributed by atoms with Gasteiger partial charge in [-0.2, -0.15) is 10.1 Å². The Bertz CT molecular complexity index is 521. The Morgan fingerprint density at radius 1 is 1.40 bits per heavy atom. The molecule has 0 saturated carbocycles. The minimum atomic E-state index is -0.465. The highest BCUT2D eigenvalue weighted by Gasteiger charge is 1.96. The van der Waals surface area contributed by atoms with Crippen molar-refractivity contribution in [1.82, 2.24) is 15.2 Å². The predicted octanol–water partition coefficient (Wildman–Crippen LogP) is 1.22. The summed E-state index contributed by atoms with van der Waals surface area (Å²) in [7, 11) is 0. The van der Waals surface area contributed by atoms with E-state index in [0.717, 1.165) is 11.3 Å². The van der Waals surface area contributed by atoms with Gasteiger partial charge < -0.3 is 5.32 Å². The van der Waals surface area contributed by atoms with Gasteiger partial charge in [-0.25, -0.2) is 9.89 Å². The van der Waals surface area contributed by atoms with Crippen molar-refractivity contribution in [2.24, 2.45) is 0 Å². The van der Waals surface area contributed by atoms with Crippen LogP contribution in [0.15, 0.2) is 35.3 Å². The molecule has 0 unspecified atom stereocenters. The lowest BCUT2D eigenvalue weighted by molar-refractivity contribution is 0.918. The molecule has 0 radical (unpaired) electrons. The molecule has 0 aliphatic carbocycles. The fourth-order valence-electron chi connectivity index (χ4n) is 1.24. The number of nitrogens with zero attached hydrogens (tertiary/aromatic N) is 2. The third-order valence-electron chi connectivity index (χ3n) is 1.86. The second-order valence-corrected chi connectivity index (χ2v) is 3.17. The number of anilines is 2. The molecule has 0 amide bonds. The number of H-pyrrole nitrogens is 1. The van der Waals surface area contributed by atoms with Gasteiger partial charge in [-0.1, -0.05) is 12.1 Å². The van der Waals surface area contributed by atoms with Crippen molar-refractivity contribution in [2.75, 3.05) is 5.32 Å². The summed E-state index contributed by atoms with van der Waals surface area (Å²) in [6.07, 6.45) is 1.46. The summed E-state index contributed by atoms with van der Waals surface area (Å²) in [5.41, 5.74) is 1.56. The summed E-state index contributed by atoms with van der Waals surface area (Å²) < 4.78 is 0. The molecule has 0 spiro atoms. The fraction of sp³-hybridized carbons (Fsp3) is 0.100. The topological polar surface area (TPSA) is 70.7 Å². The van der Waals surface area contributed by atoms with E-state index in [1.54, 1.807) is 0 Å². The molecule has 1 aromatic heterocycles. The quantitative estimate of drug-likeness (QED) is 0.768. The van der Waals surface area contributed by atoms with Crippen LogP contribution in [0, 0.1) is 6.92 Å². The predicted molar refractivity (Wildman–Crippen MR) is 57.1 cm³/mol. The molecule has 5 nitrogen and oxygen atoms in total. The first kappa shape index (κ1) is 9.39. The van der Waals surface area contributed by atoms with Crippen LogP contribution in [0.1, 0.15) is 5.56 Å². The van der Waals surface area contributed by atoms with E-state index >= 15 is 0 Å². The Kier molecular flexibility index (Phi) is 2.45. The zero-order valence-corrected chi connectivity index (χ0v) is 8.19. The Hall–Kier alpha value is -2.17. The van der Waals surface area contributed by atoms with Crippen LogP contribution in [0.3, 0.4) is 0 Å². The SMILES string of the molecule is Cc1cccc(Nc2cn[nH]c(=O)n2)c1. The van der Waals surface area contributed by atoms with Gasteiger partial charge in [0, 0.05) is 5.69 Å². The van der Waals surface area contributed by atoms with Crippen molar-refractivity contribution in [1.29, 1.82) is 0 Å². The first-order valence-electron chi connectivity index (χ1n) is 4.49. The van der Waals surface area contributed by atoms with Crippen LogP contribution in [0.4, 0.5) is 11.5 Å². The molecular weight excluding hydrogens is 192 g/mol. The van der Waals surface area contributed by atoms with E-state index in [9.17, 15) is 4.79 Å². The van der Waals surface area contributed by atoms with Crippen molar-refractivity contribution in [3.8, 4) is 0 Å². The minimum absolute atomic E-state index is 0.435. The lowest BCUT2D eigenvalue weighted by Gasteiger charge is -2.04. The molecule has 0 saturated heterocycles. The third kappa shape index (κ3) is 2.40. The first-order chi connectivity index (χ1) is 7.24. The average molecular weight is 202 g/mol. The Labute approximate surface area is 86.2 Å². The molecule has 0 fully saturated rings. The molecule has 15 heavy (non-hydrogen) atoms. The van der Waals surface area contributed by atoms with Gasteiger partial charge in [-0.05, 0) is 24.6 Å². The number of aromatic nitrogens is 3. The lowest BCUT2D eigenvalue weighted by Crippen LogP contribution is -2.13. The molecule has 0 aliphatic heterocycles. The zero-order chi connectivity index (χ0) is 10.7. The summed E-state index contributed by atoms with van der Waals surface area (Å²) in [4.78, 5) is 14.6. The smallest absolute Gasteiger partial charge is 0.339 e. The number of nitrogens with one attached hydrogen (secondary N) is 2. The van der Waals surface area contributed by atoms with E-state index in [2.05, 4.69) is 20.5 Å². The summed E-state index contributed by atoms with van der Waals surface area (Å²) in [5, 5.41) is 8.84. The largest absolute Gasteiger partial charge is 0.363 e. The van der Waals surface area contributed by atoms with Crippen molar-refractivity contribution in [3.05, 3.63) is 46.5 Å². The summed E-state index contributed by atoms with van der Waals surface area (Å²) in [6, 6.07) is 7.78. The van der Waals surface area contributed by atoms with Gasteiger partial charge in [0.05, 0.1) is 6.20 Å². The van der Waals surface area contributed by atoms with Crippen molar-refractivity contribution < 1.29 is 0 Å². The van der Waals surface area contributed by atoms with E-state index in [1.165, 1.54) is 6.20 Å². The normalized spacial score (nSPS) is 9.93. The van der Waals surface area contributed by atoms with E-state index in [0.29, 0.717) is 5.82 Å². The van der Waals surface area contributed by atoms with Crippen molar-refractivity contribution >= 4 is 11.5 Å². The number of hydrogen-bond acceptors (Lipinski definition) is 4. The summed E-state index contributed by atoms with van der Waals surface area (Å²) in [5.74, 6) is 0.435. The molecule has 76 valence electrons. The zero-order valence-electron chi connectivity index (χ0n) is 8.19. The van der Waals surface area contributed by atoms with Gasteiger partial charge in [-0.3, -0.25) is 0 Å². The van der Waals surface area contributed by atoms with Gasteiger partial charge in [0.1, 0.15) is 0 Å². The van der Waals surface area contributed by atoms with Crippen LogP contribution < -0.4 is 11.0 Å². The second-order valence-electron chi connectivity index (χ2n) is 3.17. The van der Waals surface area contributed by atoms with Crippen LogP contribution in [-0.2, 0) is 0 Å². The van der Waals surface area contributed by atoms with Crippen LogP contribution in [-0.4, -0.2) is 15.2 Å². The highest BCUT2D eigenvalue weighted by molar-refractivity contribution is 5.55. The van der Waals surface area contributed by atoms with Gasteiger partial charge in [0.15, 0.2) is 5.82 Å². The van der Waals surface area contributed by atoms with E-state index < -0.39 is 5.69 Å². The lowest BCUT2D eigenvalue weighted by atomic mass is 10.2. The number of hydrogen-bond donors (Lipinski definition) is 2. The fourth-order valence-corrected chi connectivity index (χ4v) is 1.24. The maximum atomic E-state index is 10.9. The average Bonchev–Trinajstić information content (AvgIpc) is 2.17. The number of rotatable bonds is 2. The monoisotopic (exact) mass is 202 g/mol. The van der Waals surface area contributed by atoms with Crippen molar-refractivity contribution in [3.63, 3.8) is 0 Å². The van der Waals surface area contributed by atoms with E-state index in [4.69, 9.17) is 0 Å². The van der Waals surface area contributed by atoms with Gasteiger partial charge in [0.25, 0.3) is 0 Å². The molecule has 1 aromatic carbocycles. The summed E-state index contributed by atoms with van der Waals surface area (Å²) >= 11 is 0. The van der Waals surface area contributed by atoms with Gasteiger partial charge in [-0.15, -0.1) is 0 Å². The standard InChI is InChI=1S/C10H10N4O/c1-7-3-2-4-8(5-7)12-9-6-11-14-10(15)13-9/h2-6H,1H3,(H2,12,13,14,15). The number of benzene rings is 1. The molecule has 1 heterocycles. The maximum absolute atomic E-state index is 10.9. The van der Waals surface area contributed by atoms with E-state index in [1.807, 2.05) is 31.2 Å². The van der Waals surface area contributed by atoms with Crippen LogP contribution in [0.5, 0.6) is 0 Å². The van der Waals surface area contributed by atoms with Gasteiger partial charge in [0.2, 0.25) is 0 Å². The maximum Gasteiger partial charge on any atom is 0.363 e.